The van der Waals surface area contributed by atoms with Crippen molar-refractivity contribution >= 4 is 23.7 Å². The minimum atomic E-state index is -0.479. The molecule has 0 radical (unpaired) electrons. The van der Waals surface area contributed by atoms with Gasteiger partial charge in [-0.05, 0) is 63.2 Å². The zero-order valence-electron chi connectivity index (χ0n) is 14.4. The second kappa shape index (κ2) is 6.63. The molecule has 4 aliphatic carbocycles. The molecule has 25 heavy (non-hydrogen) atoms. The normalized spacial score (nSPS) is 32.6. The highest BCUT2D eigenvalue weighted by molar-refractivity contribution is 7.99. The second-order valence-corrected chi connectivity index (χ2v) is 8.69. The summed E-state index contributed by atoms with van der Waals surface area (Å²) in [5, 5.41) is 13.7. The van der Waals surface area contributed by atoms with Crippen LogP contribution in [-0.2, 0) is 10.2 Å². The van der Waals surface area contributed by atoms with Crippen LogP contribution in [0, 0.1) is 17.8 Å². The average molecular weight is 364 g/mol. The first-order valence-corrected chi connectivity index (χ1v) is 10.1. The van der Waals surface area contributed by atoms with Crippen LogP contribution in [0.4, 0.5) is 4.79 Å². The van der Waals surface area contributed by atoms with Crippen LogP contribution < -0.4 is 10.6 Å². The molecule has 4 fully saturated rings. The topological polar surface area (TPSA) is 97.1 Å². The summed E-state index contributed by atoms with van der Waals surface area (Å²) in [4.78, 5) is 23.1. The lowest BCUT2D eigenvalue weighted by Crippen LogP contribution is -2.48. The van der Waals surface area contributed by atoms with E-state index in [2.05, 4.69) is 20.8 Å². The number of hydrogen-bond acceptors (Lipinski definition) is 6. The van der Waals surface area contributed by atoms with Crippen LogP contribution in [0.25, 0.3) is 0 Å². The van der Waals surface area contributed by atoms with Gasteiger partial charge in [0, 0.05) is 12.0 Å². The molecule has 4 bridgehead atoms. The van der Waals surface area contributed by atoms with E-state index >= 15 is 0 Å². The number of carbonyl (C=O) groups is 2. The minimum absolute atomic E-state index is 0.0732. The summed E-state index contributed by atoms with van der Waals surface area (Å²) < 4.78 is 5.93. The van der Waals surface area contributed by atoms with Crippen molar-refractivity contribution in [3.63, 3.8) is 0 Å². The summed E-state index contributed by atoms with van der Waals surface area (Å²) in [5.74, 6) is 2.93. The molecule has 2 N–H and O–H groups in total. The maximum Gasteiger partial charge on any atom is 0.321 e. The van der Waals surface area contributed by atoms with Gasteiger partial charge in [0.25, 0.3) is 5.22 Å². The summed E-state index contributed by atoms with van der Waals surface area (Å²) in [6.45, 7) is 2.27. The maximum absolute atomic E-state index is 11.7. The predicted octanol–water partition coefficient (Wildman–Crippen LogP) is 2.48. The summed E-state index contributed by atoms with van der Waals surface area (Å²) in [6, 6.07) is -0.479. The van der Waals surface area contributed by atoms with E-state index in [4.69, 9.17) is 4.42 Å². The Kier molecular flexibility index (Phi) is 4.47. The van der Waals surface area contributed by atoms with E-state index in [-0.39, 0.29) is 17.1 Å². The number of rotatable bonds is 5. The third kappa shape index (κ3) is 3.41. The van der Waals surface area contributed by atoms with E-state index in [1.54, 1.807) is 6.92 Å². The molecule has 3 amide bonds. The summed E-state index contributed by atoms with van der Waals surface area (Å²) in [5.41, 5.74) is 0.0732. The van der Waals surface area contributed by atoms with Crippen LogP contribution >= 0.6 is 11.8 Å². The number of nitrogens with zero attached hydrogens (tertiary/aromatic N) is 2. The molecule has 4 saturated carbocycles. The van der Waals surface area contributed by atoms with Gasteiger partial charge in [0.05, 0.1) is 5.75 Å². The number of urea groups is 1. The summed E-state index contributed by atoms with van der Waals surface area (Å²) in [6.07, 6.45) is 7.62. The Labute approximate surface area is 151 Å². The van der Waals surface area contributed by atoms with Crippen LogP contribution in [-0.4, -0.2) is 34.4 Å². The number of nitrogens with one attached hydrogen (secondary N) is 2. The Morgan fingerprint density at radius 2 is 1.80 bits per heavy atom. The van der Waals surface area contributed by atoms with Gasteiger partial charge in [0.1, 0.15) is 0 Å². The summed E-state index contributed by atoms with van der Waals surface area (Å²) >= 11 is 1.18. The Morgan fingerprint density at radius 3 is 2.40 bits per heavy atom. The van der Waals surface area contributed by atoms with Crippen molar-refractivity contribution in [3.05, 3.63) is 5.89 Å². The predicted molar refractivity (Wildman–Crippen MR) is 92.1 cm³/mol. The Morgan fingerprint density at radius 1 is 1.16 bits per heavy atom. The van der Waals surface area contributed by atoms with Crippen LogP contribution in [0.3, 0.4) is 0 Å². The lowest BCUT2D eigenvalue weighted by atomic mass is 9.49. The van der Waals surface area contributed by atoms with E-state index in [0.717, 1.165) is 23.6 Å². The molecule has 0 saturated heterocycles. The number of imide groups is 1. The molecule has 0 atom stereocenters. The van der Waals surface area contributed by atoms with Gasteiger partial charge < -0.3 is 9.73 Å². The van der Waals surface area contributed by atoms with Gasteiger partial charge >= 0.3 is 6.03 Å². The molecule has 5 rings (SSSR count). The molecule has 0 spiro atoms. The number of amides is 3. The third-order valence-electron chi connectivity index (χ3n) is 5.82. The van der Waals surface area contributed by atoms with Gasteiger partial charge in [-0.1, -0.05) is 11.8 Å². The number of aromatic nitrogens is 2. The molecule has 7 nitrogen and oxygen atoms in total. The van der Waals surface area contributed by atoms with Gasteiger partial charge in [-0.3, -0.25) is 10.1 Å². The van der Waals surface area contributed by atoms with Gasteiger partial charge in [0.15, 0.2) is 0 Å². The Hall–Kier alpha value is -1.57. The molecule has 0 aromatic carbocycles. The fourth-order valence-corrected chi connectivity index (χ4v) is 5.91. The highest BCUT2D eigenvalue weighted by Crippen LogP contribution is 2.60. The van der Waals surface area contributed by atoms with Crippen molar-refractivity contribution < 1.29 is 14.0 Å². The molecule has 1 aromatic rings. The zero-order chi connectivity index (χ0) is 17.4. The minimum Gasteiger partial charge on any atom is -0.415 e. The highest BCUT2D eigenvalue weighted by atomic mass is 32.2. The van der Waals surface area contributed by atoms with Crippen LogP contribution in [0.5, 0.6) is 0 Å². The van der Waals surface area contributed by atoms with Gasteiger partial charge in [0.2, 0.25) is 11.8 Å². The van der Waals surface area contributed by atoms with Crippen molar-refractivity contribution in [3.8, 4) is 0 Å². The quantitative estimate of drug-likeness (QED) is 0.779. The molecule has 0 unspecified atom stereocenters. The summed E-state index contributed by atoms with van der Waals surface area (Å²) in [7, 11) is 0. The van der Waals surface area contributed by atoms with Gasteiger partial charge in [-0.25, -0.2) is 4.79 Å². The smallest absolute Gasteiger partial charge is 0.321 e. The third-order valence-corrected chi connectivity index (χ3v) is 6.63. The van der Waals surface area contributed by atoms with Gasteiger partial charge in [-0.15, -0.1) is 10.2 Å². The molecule has 1 heterocycles. The molecule has 0 aliphatic heterocycles. The first-order valence-electron chi connectivity index (χ1n) is 9.11. The van der Waals surface area contributed by atoms with Crippen molar-refractivity contribution in [1.82, 2.24) is 20.8 Å². The number of thioether (sulfide) groups is 1. The molecular weight excluding hydrogens is 340 g/mol. The number of carbonyl (C=O) groups excluding carboxylic acids is 2. The lowest BCUT2D eigenvalue weighted by Gasteiger charge is -2.55. The van der Waals surface area contributed by atoms with Crippen molar-refractivity contribution in [2.24, 2.45) is 17.8 Å². The van der Waals surface area contributed by atoms with Crippen molar-refractivity contribution in [2.45, 2.75) is 56.1 Å². The molecular formula is C17H24N4O3S. The van der Waals surface area contributed by atoms with E-state index in [0.29, 0.717) is 11.8 Å². The monoisotopic (exact) mass is 364 g/mol. The van der Waals surface area contributed by atoms with Crippen LogP contribution in [0.15, 0.2) is 9.64 Å². The number of hydrogen-bond donors (Lipinski definition) is 2. The molecule has 1 aromatic heterocycles. The van der Waals surface area contributed by atoms with E-state index < -0.39 is 6.03 Å². The van der Waals surface area contributed by atoms with E-state index in [9.17, 15) is 9.59 Å². The first kappa shape index (κ1) is 16.9. The van der Waals surface area contributed by atoms with Crippen molar-refractivity contribution in [2.75, 3.05) is 12.3 Å². The average Bonchev–Trinajstić information content (AvgIpc) is 3.01. The standard InChI is InChI=1S/C17H24N4O3S/c1-2-18-15(23)19-13(22)9-25-16-21-20-14(24-16)17-6-10-3-11(7-17)5-12(4-10)8-17/h10-12H,2-9H2,1H3,(H2,18,19,22,23). The second-order valence-electron chi connectivity index (χ2n) is 7.77. The van der Waals surface area contributed by atoms with Crippen LogP contribution in [0.1, 0.15) is 51.3 Å². The largest absolute Gasteiger partial charge is 0.415 e. The fourth-order valence-electron chi connectivity index (χ4n) is 5.35. The zero-order valence-corrected chi connectivity index (χ0v) is 15.2. The molecule has 8 heteroatoms. The van der Waals surface area contributed by atoms with Gasteiger partial charge in [-0.2, -0.15) is 0 Å². The molecule has 4 aliphatic rings. The molecule has 136 valence electrons. The SMILES string of the molecule is CCNC(=O)NC(=O)CSc1nnc(C23CC4CC(CC(C4)C2)C3)o1. The highest BCUT2D eigenvalue weighted by Gasteiger charge is 2.54. The maximum atomic E-state index is 11.7. The Balaban J connectivity index is 1.36. The first-order chi connectivity index (χ1) is 12.1. The van der Waals surface area contributed by atoms with E-state index in [1.165, 1.54) is 50.3 Å². The fraction of sp³-hybridized carbons (Fsp3) is 0.765. The Bertz CT molecular complexity index is 639. The van der Waals surface area contributed by atoms with E-state index in [1.807, 2.05) is 0 Å². The van der Waals surface area contributed by atoms with Crippen molar-refractivity contribution in [1.29, 1.82) is 0 Å². The lowest BCUT2D eigenvalue weighted by molar-refractivity contribution is -0.117. The van der Waals surface area contributed by atoms with Crippen LogP contribution in [0.2, 0.25) is 0 Å².